The molecule has 1 aliphatic carbocycles. The van der Waals surface area contributed by atoms with Crippen LogP contribution >= 0.6 is 22.7 Å². The summed E-state index contributed by atoms with van der Waals surface area (Å²) in [5.74, 6) is 2.62. The molecule has 4 nitrogen and oxygen atoms in total. The van der Waals surface area contributed by atoms with Crippen molar-refractivity contribution in [2.24, 2.45) is 0 Å². The van der Waals surface area contributed by atoms with Gasteiger partial charge < -0.3 is 19.3 Å². The average molecular weight is 999 g/mol. The van der Waals surface area contributed by atoms with E-state index in [0.29, 0.717) is 23.0 Å². The summed E-state index contributed by atoms with van der Waals surface area (Å²) < 4.78 is 20.0. The van der Waals surface area contributed by atoms with Crippen molar-refractivity contribution < 1.29 is 9.47 Å². The lowest BCUT2D eigenvalue weighted by atomic mass is 9.82. The van der Waals surface area contributed by atoms with Gasteiger partial charge in [-0.15, -0.1) is 22.7 Å². The zero-order valence-corrected chi connectivity index (χ0v) is 42.8. The first-order valence-corrected chi connectivity index (χ1v) is 27.1. The Bertz CT molecular complexity index is 4390. The third-order valence-corrected chi connectivity index (χ3v) is 17.8. The summed E-state index contributed by atoms with van der Waals surface area (Å²) >= 11 is 3.71. The average Bonchev–Trinajstić information content (AvgIpc) is 4.11. The number of fused-ring (bicyclic) bond motifs is 11. The summed E-state index contributed by atoms with van der Waals surface area (Å²) in [4.78, 5) is 4.59. The molecule has 3 heterocycles. The predicted molar refractivity (Wildman–Crippen MR) is 317 cm³/mol. The Morgan fingerprint density at radius 2 is 0.747 bits per heavy atom. The molecule has 15 rings (SSSR count). The highest BCUT2D eigenvalue weighted by molar-refractivity contribution is 7.26. The first kappa shape index (κ1) is 43.6. The number of hydrogen-bond donors (Lipinski definition) is 0. The van der Waals surface area contributed by atoms with Gasteiger partial charge in [0.1, 0.15) is 0 Å². The molecule has 0 fully saturated rings. The van der Waals surface area contributed by atoms with Gasteiger partial charge in [-0.2, -0.15) is 0 Å². The molecule has 0 amide bonds. The van der Waals surface area contributed by atoms with E-state index in [1.807, 2.05) is 22.7 Å². The number of rotatable bonds is 8. The van der Waals surface area contributed by atoms with Gasteiger partial charge in [0.25, 0.3) is 0 Å². The van der Waals surface area contributed by atoms with E-state index in [9.17, 15) is 0 Å². The minimum atomic E-state index is -0.230. The molecule has 13 aromatic rings. The molecular weight excluding hydrogens is 953 g/mol. The molecule has 6 heteroatoms. The SMILES string of the molecule is CC1(C)c2ccccc2-c2cc3c(cc21)Oc1c(N(c2ccccc2)c2ccc(-c4cccc5c4sc4ccccc45)cc2)ccc(N(c2ccccc2)c2ccc(-c4cccc5c4sc4ccccc45)cc2)c1O3. The van der Waals surface area contributed by atoms with Gasteiger partial charge in [-0.1, -0.05) is 172 Å². The lowest BCUT2D eigenvalue weighted by molar-refractivity contribution is 0.361. The Hall–Kier alpha value is -8.94. The molecule has 356 valence electrons. The molecule has 0 atom stereocenters. The van der Waals surface area contributed by atoms with E-state index in [1.54, 1.807) is 0 Å². The number of anilines is 6. The second kappa shape index (κ2) is 17.1. The van der Waals surface area contributed by atoms with Crippen LogP contribution < -0.4 is 19.3 Å². The van der Waals surface area contributed by atoms with Crippen LogP contribution in [-0.4, -0.2) is 0 Å². The van der Waals surface area contributed by atoms with E-state index in [4.69, 9.17) is 9.47 Å². The maximum atomic E-state index is 7.43. The fourth-order valence-corrected chi connectivity index (χ4v) is 14.2. The zero-order chi connectivity index (χ0) is 49.8. The first-order chi connectivity index (χ1) is 36.9. The van der Waals surface area contributed by atoms with Crippen molar-refractivity contribution in [1.29, 1.82) is 0 Å². The van der Waals surface area contributed by atoms with Gasteiger partial charge in [0.2, 0.25) is 0 Å². The van der Waals surface area contributed by atoms with Gasteiger partial charge in [-0.3, -0.25) is 0 Å². The standard InChI is InChI=1S/C69H46N2O2S2/c1-69(2)57-28-12-9-21-51(57)56-41-61-62(42-58(56)69)73-66-60(71(46-19-7-4-8-20-46)48-37-33-44(34-38-48)50-25-16-27-55-53-23-11-14-30-64(53)75-68(50)55)40-39-59(65(66)72-61)70(45-17-5-3-6-18-45)47-35-31-43(32-36-47)49-24-15-26-54-52-22-10-13-29-63(52)74-67(49)54/h3-42H,1-2H3. The Morgan fingerprint density at radius 1 is 0.333 bits per heavy atom. The van der Waals surface area contributed by atoms with Gasteiger partial charge in [0.15, 0.2) is 23.0 Å². The summed E-state index contributed by atoms with van der Waals surface area (Å²) in [5.41, 5.74) is 15.1. The van der Waals surface area contributed by atoms with Crippen LogP contribution in [0.4, 0.5) is 34.1 Å². The molecule has 0 unspecified atom stereocenters. The first-order valence-electron chi connectivity index (χ1n) is 25.5. The number of benzene rings is 11. The lowest BCUT2D eigenvalue weighted by Gasteiger charge is -2.34. The minimum absolute atomic E-state index is 0.230. The Morgan fingerprint density at radius 3 is 1.27 bits per heavy atom. The van der Waals surface area contributed by atoms with E-state index in [1.165, 1.54) is 73.7 Å². The van der Waals surface area contributed by atoms with Crippen LogP contribution in [0.5, 0.6) is 23.0 Å². The molecule has 0 saturated carbocycles. The highest BCUT2D eigenvalue weighted by Gasteiger charge is 2.39. The molecule has 2 aliphatic rings. The smallest absolute Gasteiger partial charge is 0.196 e. The van der Waals surface area contributed by atoms with E-state index in [-0.39, 0.29) is 5.41 Å². The van der Waals surface area contributed by atoms with Crippen molar-refractivity contribution >= 4 is 97.1 Å². The van der Waals surface area contributed by atoms with E-state index in [0.717, 1.165) is 45.3 Å². The Labute approximate surface area is 443 Å². The molecule has 0 saturated heterocycles. The van der Waals surface area contributed by atoms with Crippen LogP contribution in [0.3, 0.4) is 0 Å². The number of thiophene rings is 2. The third-order valence-electron chi connectivity index (χ3n) is 15.3. The summed E-state index contributed by atoms with van der Waals surface area (Å²) in [7, 11) is 0. The van der Waals surface area contributed by atoms with Gasteiger partial charge in [-0.25, -0.2) is 0 Å². The highest BCUT2D eigenvalue weighted by Crippen LogP contribution is 2.61. The molecule has 2 aromatic heterocycles. The second-order valence-corrected chi connectivity index (χ2v) is 22.1. The highest BCUT2D eigenvalue weighted by atomic mass is 32.1. The normalized spacial score (nSPS) is 13.0. The van der Waals surface area contributed by atoms with Crippen LogP contribution in [0.15, 0.2) is 243 Å². The van der Waals surface area contributed by atoms with Crippen molar-refractivity contribution in [3.63, 3.8) is 0 Å². The molecule has 1 aliphatic heterocycles. The summed E-state index contributed by atoms with van der Waals surface area (Å²) in [5, 5.41) is 5.17. The summed E-state index contributed by atoms with van der Waals surface area (Å²) in [6.07, 6.45) is 0. The molecule has 75 heavy (non-hydrogen) atoms. The topological polar surface area (TPSA) is 24.9 Å². The fraction of sp³-hybridized carbons (Fsp3) is 0.0435. The summed E-state index contributed by atoms with van der Waals surface area (Å²) in [6, 6.07) is 87.4. The number of para-hydroxylation sites is 2. The van der Waals surface area contributed by atoms with Gasteiger partial charge >= 0.3 is 0 Å². The van der Waals surface area contributed by atoms with Crippen molar-refractivity contribution in [1.82, 2.24) is 0 Å². The van der Waals surface area contributed by atoms with Crippen LogP contribution in [-0.2, 0) is 5.41 Å². The Balaban J connectivity index is 0.903. The molecule has 0 spiro atoms. The van der Waals surface area contributed by atoms with Crippen molar-refractivity contribution in [2.45, 2.75) is 19.3 Å². The third kappa shape index (κ3) is 6.94. The second-order valence-electron chi connectivity index (χ2n) is 20.0. The lowest BCUT2D eigenvalue weighted by Crippen LogP contribution is -2.17. The molecule has 0 bridgehead atoms. The molecule has 0 radical (unpaired) electrons. The Kier molecular flexibility index (Phi) is 9.93. The quantitative estimate of drug-likeness (QED) is 0.151. The maximum absolute atomic E-state index is 7.43. The van der Waals surface area contributed by atoms with Crippen molar-refractivity contribution in [3.8, 4) is 56.4 Å². The monoisotopic (exact) mass is 998 g/mol. The molecule has 0 N–H and O–H groups in total. The van der Waals surface area contributed by atoms with E-state index < -0.39 is 0 Å². The fourth-order valence-electron chi connectivity index (χ4n) is 11.7. The van der Waals surface area contributed by atoms with Crippen LogP contribution in [0.25, 0.3) is 73.7 Å². The van der Waals surface area contributed by atoms with Gasteiger partial charge in [0.05, 0.1) is 11.4 Å². The molecule has 11 aromatic carbocycles. The van der Waals surface area contributed by atoms with Crippen LogP contribution in [0.1, 0.15) is 25.0 Å². The van der Waals surface area contributed by atoms with Gasteiger partial charge in [0, 0.05) is 68.5 Å². The van der Waals surface area contributed by atoms with E-state index >= 15 is 0 Å². The zero-order valence-electron chi connectivity index (χ0n) is 41.1. The number of nitrogens with zero attached hydrogens (tertiary/aromatic N) is 2. The number of ether oxygens (including phenoxy) is 2. The maximum Gasteiger partial charge on any atom is 0.196 e. The number of hydrogen-bond acceptors (Lipinski definition) is 6. The summed E-state index contributed by atoms with van der Waals surface area (Å²) in [6.45, 7) is 4.61. The van der Waals surface area contributed by atoms with Crippen molar-refractivity contribution in [3.05, 3.63) is 254 Å². The van der Waals surface area contributed by atoms with Crippen LogP contribution in [0, 0.1) is 0 Å². The van der Waals surface area contributed by atoms with E-state index in [2.05, 4.69) is 266 Å². The van der Waals surface area contributed by atoms with Gasteiger partial charge in [-0.05, 0) is 129 Å². The van der Waals surface area contributed by atoms with Crippen molar-refractivity contribution in [2.75, 3.05) is 9.80 Å². The minimum Gasteiger partial charge on any atom is -0.447 e. The predicted octanol–water partition coefficient (Wildman–Crippen LogP) is 20.9. The largest absolute Gasteiger partial charge is 0.447 e. The van der Waals surface area contributed by atoms with Crippen LogP contribution in [0.2, 0.25) is 0 Å². The molecular formula is C69H46N2O2S2.